The number of nitrogen functional groups attached to an aromatic ring is 1. The molecule has 1 aliphatic heterocycles. The molecule has 1 aliphatic rings. The molecule has 0 bridgehead atoms. The fraction of sp³-hybridized carbons (Fsp3) is 0.562. The number of hydrogen-bond donors (Lipinski definition) is 3. The van der Waals surface area contributed by atoms with Crippen molar-refractivity contribution in [2.45, 2.75) is 32.4 Å². The lowest BCUT2D eigenvalue weighted by molar-refractivity contribution is -0.209. The molecule has 0 aliphatic carbocycles. The molecular formula is C16H23ClN4O5. The van der Waals surface area contributed by atoms with Crippen molar-refractivity contribution in [3.05, 3.63) is 27.0 Å². The first-order valence-electron chi connectivity index (χ1n) is 8.21. The van der Waals surface area contributed by atoms with Gasteiger partial charge in [0.05, 0.1) is 29.6 Å². The van der Waals surface area contributed by atoms with Gasteiger partial charge in [-0.1, -0.05) is 25.4 Å². The van der Waals surface area contributed by atoms with Crippen LogP contribution in [0.4, 0.5) is 5.82 Å². The van der Waals surface area contributed by atoms with E-state index in [-0.39, 0.29) is 34.3 Å². The number of amides is 1. The van der Waals surface area contributed by atoms with Gasteiger partial charge >= 0.3 is 5.97 Å². The molecule has 1 aromatic rings. The molecule has 0 aromatic carbocycles. The van der Waals surface area contributed by atoms with E-state index in [0.717, 1.165) is 0 Å². The number of aromatic amines is 1. The predicted molar refractivity (Wildman–Crippen MR) is 95.7 cm³/mol. The van der Waals surface area contributed by atoms with Crippen LogP contribution >= 0.6 is 11.6 Å². The lowest BCUT2D eigenvalue weighted by Gasteiger charge is -2.36. The minimum atomic E-state index is -0.623. The largest absolute Gasteiger partial charge is 0.384 e. The standard InChI is InChI=1S/C16H23ClN4O5/c1-8(2)16(24)26-21-5-4-11(12(7-21)25-3)19-14(22)9-6-10(17)13(18)20-15(9)23/h6,8,11-12H,4-5,7H2,1-3H3,(H,19,22)(H3,18,20,23)/t11-,12+/m0/s1. The van der Waals surface area contributed by atoms with Crippen molar-refractivity contribution < 1.29 is 19.2 Å². The highest BCUT2D eigenvalue weighted by atomic mass is 35.5. The van der Waals surface area contributed by atoms with E-state index < -0.39 is 17.6 Å². The first kappa shape index (κ1) is 20.2. The molecule has 2 rings (SSSR count). The number of halogens is 1. The Morgan fingerprint density at radius 2 is 2.15 bits per heavy atom. The van der Waals surface area contributed by atoms with Crippen LogP contribution in [0.2, 0.25) is 5.02 Å². The molecule has 4 N–H and O–H groups in total. The fourth-order valence-corrected chi connectivity index (χ4v) is 2.70. The van der Waals surface area contributed by atoms with E-state index in [0.29, 0.717) is 19.5 Å². The summed E-state index contributed by atoms with van der Waals surface area (Å²) in [5.74, 6) is -1.14. The summed E-state index contributed by atoms with van der Waals surface area (Å²) in [5, 5.41) is 4.38. The lowest BCUT2D eigenvalue weighted by Crippen LogP contribution is -2.55. The van der Waals surface area contributed by atoms with Gasteiger partial charge in [-0.25, -0.2) is 0 Å². The molecule has 1 aromatic heterocycles. The van der Waals surface area contributed by atoms with Crippen LogP contribution in [0.25, 0.3) is 0 Å². The SMILES string of the molecule is CO[C@@H]1CN(OC(=O)C(C)C)CC[C@@H]1NC(=O)c1cc(Cl)c(N)[nH]c1=O. The second kappa shape index (κ2) is 8.52. The lowest BCUT2D eigenvalue weighted by atomic mass is 10.0. The Labute approximate surface area is 155 Å². The number of anilines is 1. The second-order valence-corrected chi connectivity index (χ2v) is 6.78. The third-order valence-corrected chi connectivity index (χ3v) is 4.41. The normalized spacial score (nSPS) is 20.8. The van der Waals surface area contributed by atoms with Gasteiger partial charge in [-0.3, -0.25) is 14.4 Å². The van der Waals surface area contributed by atoms with Gasteiger partial charge in [0.2, 0.25) is 0 Å². The second-order valence-electron chi connectivity index (χ2n) is 6.37. The maximum absolute atomic E-state index is 12.4. The number of H-pyrrole nitrogens is 1. The highest BCUT2D eigenvalue weighted by Gasteiger charge is 2.33. The maximum atomic E-state index is 12.4. The quantitative estimate of drug-likeness (QED) is 0.674. The molecule has 0 spiro atoms. The van der Waals surface area contributed by atoms with Gasteiger partial charge in [0.15, 0.2) is 0 Å². The third kappa shape index (κ3) is 4.75. The van der Waals surface area contributed by atoms with Crippen molar-refractivity contribution in [3.63, 3.8) is 0 Å². The Hall–Kier alpha value is -2.10. The van der Waals surface area contributed by atoms with E-state index in [9.17, 15) is 14.4 Å². The molecule has 1 amide bonds. The third-order valence-electron chi connectivity index (χ3n) is 4.10. The number of ether oxygens (including phenoxy) is 1. The summed E-state index contributed by atoms with van der Waals surface area (Å²) in [7, 11) is 1.50. The number of pyridine rings is 1. The van der Waals surface area contributed by atoms with Crippen LogP contribution in [0.15, 0.2) is 10.9 Å². The van der Waals surface area contributed by atoms with Crippen LogP contribution in [0.5, 0.6) is 0 Å². The topological polar surface area (TPSA) is 127 Å². The van der Waals surface area contributed by atoms with Crippen LogP contribution in [0.1, 0.15) is 30.6 Å². The van der Waals surface area contributed by atoms with Crippen molar-refractivity contribution in [2.75, 3.05) is 25.9 Å². The van der Waals surface area contributed by atoms with E-state index >= 15 is 0 Å². The molecule has 26 heavy (non-hydrogen) atoms. The molecule has 0 radical (unpaired) electrons. The molecule has 1 saturated heterocycles. The number of nitrogens with one attached hydrogen (secondary N) is 2. The molecule has 2 heterocycles. The van der Waals surface area contributed by atoms with Crippen LogP contribution in [-0.4, -0.2) is 54.3 Å². The Morgan fingerprint density at radius 1 is 1.46 bits per heavy atom. The van der Waals surface area contributed by atoms with E-state index in [1.807, 2.05) is 0 Å². The van der Waals surface area contributed by atoms with Gasteiger partial charge in [0, 0.05) is 13.7 Å². The van der Waals surface area contributed by atoms with Gasteiger partial charge < -0.3 is 25.6 Å². The molecule has 2 atom stereocenters. The number of aromatic nitrogens is 1. The zero-order valence-electron chi connectivity index (χ0n) is 14.9. The number of piperidine rings is 1. The highest BCUT2D eigenvalue weighted by Crippen LogP contribution is 2.17. The van der Waals surface area contributed by atoms with Crippen molar-refractivity contribution in [1.29, 1.82) is 0 Å². The summed E-state index contributed by atoms with van der Waals surface area (Å²) in [5.41, 5.74) is 4.75. The van der Waals surface area contributed by atoms with Gasteiger partial charge in [0.1, 0.15) is 11.4 Å². The summed E-state index contributed by atoms with van der Waals surface area (Å²) in [6.07, 6.45) is 0.0759. The monoisotopic (exact) mass is 386 g/mol. The number of hydroxylamine groups is 2. The number of nitrogens with two attached hydrogens (primary N) is 1. The van der Waals surface area contributed by atoms with Crippen LogP contribution < -0.4 is 16.6 Å². The minimum absolute atomic E-state index is 0.00302. The number of rotatable bonds is 5. The number of carbonyl (C=O) groups excluding carboxylic acids is 2. The maximum Gasteiger partial charge on any atom is 0.327 e. The number of nitrogens with zero attached hydrogens (tertiary/aromatic N) is 1. The average molecular weight is 387 g/mol. The molecule has 0 saturated carbocycles. The summed E-state index contributed by atoms with van der Waals surface area (Å²) < 4.78 is 5.41. The van der Waals surface area contributed by atoms with Gasteiger partial charge in [0.25, 0.3) is 11.5 Å². The molecule has 9 nitrogen and oxygen atoms in total. The summed E-state index contributed by atoms with van der Waals surface area (Å²) in [6, 6.07) is 0.879. The zero-order chi connectivity index (χ0) is 19.4. The summed E-state index contributed by atoms with van der Waals surface area (Å²) in [4.78, 5) is 43.7. The van der Waals surface area contributed by atoms with Crippen LogP contribution in [0.3, 0.4) is 0 Å². The van der Waals surface area contributed by atoms with Gasteiger partial charge in [-0.15, -0.1) is 5.06 Å². The Bertz CT molecular complexity index is 736. The smallest absolute Gasteiger partial charge is 0.327 e. The van der Waals surface area contributed by atoms with E-state index in [2.05, 4.69) is 10.3 Å². The first-order valence-corrected chi connectivity index (χ1v) is 8.59. The Morgan fingerprint density at radius 3 is 2.77 bits per heavy atom. The number of hydrogen-bond acceptors (Lipinski definition) is 7. The van der Waals surface area contributed by atoms with E-state index in [1.54, 1.807) is 13.8 Å². The molecule has 0 unspecified atom stereocenters. The molecule has 144 valence electrons. The Kier molecular flexibility index (Phi) is 6.63. The average Bonchev–Trinajstić information content (AvgIpc) is 2.59. The summed E-state index contributed by atoms with van der Waals surface area (Å²) in [6.45, 7) is 4.23. The fourth-order valence-electron chi connectivity index (χ4n) is 2.54. The van der Waals surface area contributed by atoms with Crippen LogP contribution in [0, 0.1) is 5.92 Å². The predicted octanol–water partition coefficient (Wildman–Crippen LogP) is 0.544. The molecular weight excluding hydrogens is 364 g/mol. The van der Waals surface area contributed by atoms with Gasteiger partial charge in [-0.2, -0.15) is 0 Å². The first-order chi connectivity index (χ1) is 12.2. The Balaban J connectivity index is 2.04. The minimum Gasteiger partial charge on any atom is -0.384 e. The molecule has 10 heteroatoms. The van der Waals surface area contributed by atoms with Gasteiger partial charge in [-0.05, 0) is 12.5 Å². The van der Waals surface area contributed by atoms with E-state index in [1.165, 1.54) is 18.2 Å². The van der Waals surface area contributed by atoms with Crippen LogP contribution in [-0.2, 0) is 14.4 Å². The van der Waals surface area contributed by atoms with Crippen molar-refractivity contribution in [2.24, 2.45) is 5.92 Å². The highest BCUT2D eigenvalue weighted by molar-refractivity contribution is 6.33. The van der Waals surface area contributed by atoms with Crippen molar-refractivity contribution in [3.8, 4) is 0 Å². The number of methoxy groups -OCH3 is 1. The van der Waals surface area contributed by atoms with Crippen molar-refractivity contribution in [1.82, 2.24) is 15.4 Å². The van der Waals surface area contributed by atoms with Crippen molar-refractivity contribution >= 4 is 29.3 Å². The number of carbonyl (C=O) groups is 2. The van der Waals surface area contributed by atoms with E-state index in [4.69, 9.17) is 26.9 Å². The molecule has 1 fully saturated rings. The summed E-state index contributed by atoms with van der Waals surface area (Å²) >= 11 is 5.87. The zero-order valence-corrected chi connectivity index (χ0v) is 15.6.